The van der Waals surface area contributed by atoms with E-state index >= 15 is 0 Å². The van der Waals surface area contributed by atoms with Crippen LogP contribution < -0.4 is 0 Å². The standard InChI is InChI=1S/C15H18O/c1-3-11-16-12(2)14-10-6-8-13-7-4-5-9-15(13)14/h4-10,12H,3,11H2,1-2H3. The van der Waals surface area contributed by atoms with Gasteiger partial charge in [0.25, 0.3) is 0 Å². The van der Waals surface area contributed by atoms with Crippen LogP contribution in [0, 0.1) is 0 Å². The van der Waals surface area contributed by atoms with Gasteiger partial charge in [0.2, 0.25) is 0 Å². The van der Waals surface area contributed by atoms with E-state index in [0.717, 1.165) is 13.0 Å². The summed E-state index contributed by atoms with van der Waals surface area (Å²) >= 11 is 0. The Morgan fingerprint density at radius 3 is 2.62 bits per heavy atom. The highest BCUT2D eigenvalue weighted by molar-refractivity contribution is 5.85. The topological polar surface area (TPSA) is 9.23 Å². The number of rotatable bonds is 4. The van der Waals surface area contributed by atoms with E-state index in [0.29, 0.717) is 0 Å². The summed E-state index contributed by atoms with van der Waals surface area (Å²) in [5, 5.41) is 2.58. The summed E-state index contributed by atoms with van der Waals surface area (Å²) in [7, 11) is 0. The Hall–Kier alpha value is -1.34. The molecule has 2 aromatic carbocycles. The molecule has 0 saturated carbocycles. The Balaban J connectivity index is 2.36. The highest BCUT2D eigenvalue weighted by Gasteiger charge is 2.08. The molecule has 0 saturated heterocycles. The molecule has 0 radical (unpaired) electrons. The van der Waals surface area contributed by atoms with Crippen LogP contribution in [-0.2, 0) is 4.74 Å². The van der Waals surface area contributed by atoms with Gasteiger partial charge in [0, 0.05) is 6.61 Å². The first kappa shape index (κ1) is 11.2. The number of benzene rings is 2. The molecule has 2 rings (SSSR count). The second-order valence-electron chi connectivity index (χ2n) is 4.08. The molecule has 0 aliphatic carbocycles. The third-order valence-electron chi connectivity index (χ3n) is 2.83. The van der Waals surface area contributed by atoms with Crippen LogP contribution in [0.1, 0.15) is 31.9 Å². The maximum Gasteiger partial charge on any atom is 0.0802 e. The predicted octanol–water partition coefficient (Wildman–Crippen LogP) is 4.33. The van der Waals surface area contributed by atoms with Gasteiger partial charge in [-0.3, -0.25) is 0 Å². The Kier molecular flexibility index (Phi) is 3.58. The summed E-state index contributed by atoms with van der Waals surface area (Å²) < 4.78 is 5.79. The van der Waals surface area contributed by atoms with Gasteiger partial charge in [-0.15, -0.1) is 0 Å². The average Bonchev–Trinajstić information content (AvgIpc) is 2.35. The monoisotopic (exact) mass is 214 g/mol. The zero-order chi connectivity index (χ0) is 11.4. The van der Waals surface area contributed by atoms with Gasteiger partial charge in [-0.25, -0.2) is 0 Å². The van der Waals surface area contributed by atoms with Crippen LogP contribution in [0.25, 0.3) is 10.8 Å². The highest BCUT2D eigenvalue weighted by atomic mass is 16.5. The van der Waals surface area contributed by atoms with Crippen LogP contribution in [0.4, 0.5) is 0 Å². The molecule has 2 aromatic rings. The molecule has 0 N–H and O–H groups in total. The number of fused-ring (bicyclic) bond motifs is 1. The van der Waals surface area contributed by atoms with Gasteiger partial charge in [0.15, 0.2) is 0 Å². The lowest BCUT2D eigenvalue weighted by Gasteiger charge is -2.15. The van der Waals surface area contributed by atoms with Gasteiger partial charge in [0.05, 0.1) is 6.10 Å². The smallest absolute Gasteiger partial charge is 0.0802 e. The van der Waals surface area contributed by atoms with E-state index in [9.17, 15) is 0 Å². The van der Waals surface area contributed by atoms with Crippen molar-refractivity contribution in [2.75, 3.05) is 6.61 Å². The van der Waals surface area contributed by atoms with Crippen molar-refractivity contribution in [2.45, 2.75) is 26.4 Å². The van der Waals surface area contributed by atoms with Crippen molar-refractivity contribution >= 4 is 10.8 Å². The van der Waals surface area contributed by atoms with Gasteiger partial charge in [-0.2, -0.15) is 0 Å². The van der Waals surface area contributed by atoms with Crippen LogP contribution in [-0.4, -0.2) is 6.61 Å². The summed E-state index contributed by atoms with van der Waals surface area (Å²) in [5.41, 5.74) is 1.28. The third kappa shape index (κ3) is 2.25. The number of ether oxygens (including phenoxy) is 1. The van der Waals surface area contributed by atoms with Gasteiger partial charge < -0.3 is 4.74 Å². The first-order valence-corrected chi connectivity index (χ1v) is 5.92. The molecule has 1 heteroatoms. The molecule has 1 unspecified atom stereocenters. The fourth-order valence-electron chi connectivity index (χ4n) is 1.99. The van der Waals surface area contributed by atoms with Crippen molar-refractivity contribution in [3.05, 3.63) is 48.0 Å². The van der Waals surface area contributed by atoms with Crippen LogP contribution >= 0.6 is 0 Å². The minimum atomic E-state index is 0.172. The first-order valence-electron chi connectivity index (χ1n) is 5.92. The second-order valence-corrected chi connectivity index (χ2v) is 4.08. The zero-order valence-electron chi connectivity index (χ0n) is 9.94. The van der Waals surface area contributed by atoms with Crippen LogP contribution in [0.15, 0.2) is 42.5 Å². The third-order valence-corrected chi connectivity index (χ3v) is 2.83. The minimum Gasteiger partial charge on any atom is -0.374 e. The molecule has 0 heterocycles. The maximum absolute atomic E-state index is 5.79. The fraction of sp³-hybridized carbons (Fsp3) is 0.333. The van der Waals surface area contributed by atoms with E-state index in [-0.39, 0.29) is 6.10 Å². The lowest BCUT2D eigenvalue weighted by atomic mass is 10.0. The lowest BCUT2D eigenvalue weighted by molar-refractivity contribution is 0.0672. The van der Waals surface area contributed by atoms with E-state index in [1.165, 1.54) is 16.3 Å². The summed E-state index contributed by atoms with van der Waals surface area (Å²) in [6, 6.07) is 14.9. The largest absolute Gasteiger partial charge is 0.374 e. The zero-order valence-corrected chi connectivity index (χ0v) is 9.94. The normalized spacial score (nSPS) is 12.9. The van der Waals surface area contributed by atoms with Crippen LogP contribution in [0.2, 0.25) is 0 Å². The quantitative estimate of drug-likeness (QED) is 0.736. The van der Waals surface area contributed by atoms with Crippen molar-refractivity contribution in [2.24, 2.45) is 0 Å². The lowest BCUT2D eigenvalue weighted by Crippen LogP contribution is -2.01. The van der Waals surface area contributed by atoms with Gasteiger partial charge >= 0.3 is 0 Å². The Bertz CT molecular complexity index is 456. The Labute approximate surface area is 97.1 Å². The van der Waals surface area contributed by atoms with Crippen molar-refractivity contribution in [3.8, 4) is 0 Å². The molecule has 16 heavy (non-hydrogen) atoms. The molecular weight excluding hydrogens is 196 g/mol. The van der Waals surface area contributed by atoms with Gasteiger partial charge in [0.1, 0.15) is 0 Å². The van der Waals surface area contributed by atoms with E-state index in [2.05, 4.69) is 56.3 Å². The van der Waals surface area contributed by atoms with E-state index in [4.69, 9.17) is 4.74 Å². The van der Waals surface area contributed by atoms with E-state index < -0.39 is 0 Å². The SMILES string of the molecule is CCCOC(C)c1cccc2ccccc12. The number of hydrogen-bond donors (Lipinski definition) is 0. The predicted molar refractivity (Wildman–Crippen MR) is 68.6 cm³/mol. The van der Waals surface area contributed by atoms with Gasteiger partial charge in [-0.1, -0.05) is 49.4 Å². The fourth-order valence-corrected chi connectivity index (χ4v) is 1.99. The molecular formula is C15H18O. The van der Waals surface area contributed by atoms with Crippen LogP contribution in [0.5, 0.6) is 0 Å². The number of hydrogen-bond acceptors (Lipinski definition) is 1. The second kappa shape index (κ2) is 5.13. The van der Waals surface area contributed by atoms with Crippen molar-refractivity contribution in [1.82, 2.24) is 0 Å². The molecule has 0 aromatic heterocycles. The summed E-state index contributed by atoms with van der Waals surface area (Å²) in [5.74, 6) is 0. The molecule has 0 aliphatic rings. The molecule has 0 amide bonds. The van der Waals surface area contributed by atoms with Crippen molar-refractivity contribution < 1.29 is 4.74 Å². The molecule has 0 bridgehead atoms. The van der Waals surface area contributed by atoms with E-state index in [1.54, 1.807) is 0 Å². The molecule has 1 atom stereocenters. The average molecular weight is 214 g/mol. The molecule has 0 aliphatic heterocycles. The minimum absolute atomic E-state index is 0.172. The van der Waals surface area contributed by atoms with Crippen molar-refractivity contribution in [1.29, 1.82) is 0 Å². The van der Waals surface area contributed by atoms with Crippen molar-refractivity contribution in [3.63, 3.8) is 0 Å². The summed E-state index contributed by atoms with van der Waals surface area (Å²) in [4.78, 5) is 0. The highest BCUT2D eigenvalue weighted by Crippen LogP contribution is 2.26. The maximum atomic E-state index is 5.79. The Morgan fingerprint density at radius 1 is 1.06 bits per heavy atom. The molecule has 0 spiro atoms. The summed E-state index contributed by atoms with van der Waals surface area (Å²) in [6.07, 6.45) is 1.24. The Morgan fingerprint density at radius 2 is 1.81 bits per heavy atom. The first-order chi connectivity index (χ1) is 7.83. The summed E-state index contributed by atoms with van der Waals surface area (Å²) in [6.45, 7) is 5.08. The molecule has 0 fully saturated rings. The van der Waals surface area contributed by atoms with Gasteiger partial charge in [-0.05, 0) is 29.7 Å². The van der Waals surface area contributed by atoms with Crippen LogP contribution in [0.3, 0.4) is 0 Å². The van der Waals surface area contributed by atoms with E-state index in [1.807, 2.05) is 0 Å². The molecule has 84 valence electrons. The molecule has 1 nitrogen and oxygen atoms in total.